The molecule has 2 aromatic heterocycles. The van der Waals surface area contributed by atoms with Gasteiger partial charge in [-0.2, -0.15) is 0 Å². The van der Waals surface area contributed by atoms with Crippen LogP contribution in [0.4, 0.5) is 8.78 Å². The number of aromatic nitrogens is 2. The fourth-order valence-electron chi connectivity index (χ4n) is 3.11. The maximum absolute atomic E-state index is 14.3. The summed E-state index contributed by atoms with van der Waals surface area (Å²) in [7, 11) is 0. The first-order valence-corrected chi connectivity index (χ1v) is 9.83. The SMILES string of the molecule is O=C(Cn1c(=O)n(-c2cc(F)ccc2F)c(=O)c2sccc21)NCc1ccccc1. The predicted octanol–water partition coefficient (Wildman–Crippen LogP) is 2.81. The molecule has 0 atom stereocenters. The molecule has 0 saturated heterocycles. The number of rotatable bonds is 5. The lowest BCUT2D eigenvalue weighted by Crippen LogP contribution is -2.41. The molecule has 0 radical (unpaired) electrons. The Hall–Kier alpha value is -3.59. The van der Waals surface area contributed by atoms with Crippen molar-refractivity contribution in [2.24, 2.45) is 0 Å². The highest BCUT2D eigenvalue weighted by atomic mass is 32.1. The van der Waals surface area contributed by atoms with Crippen molar-refractivity contribution in [1.82, 2.24) is 14.5 Å². The van der Waals surface area contributed by atoms with Crippen molar-refractivity contribution < 1.29 is 13.6 Å². The van der Waals surface area contributed by atoms with Gasteiger partial charge in [-0.15, -0.1) is 11.3 Å². The number of amides is 1. The van der Waals surface area contributed by atoms with Crippen molar-refractivity contribution in [1.29, 1.82) is 0 Å². The number of benzene rings is 2. The molecule has 152 valence electrons. The van der Waals surface area contributed by atoms with Crippen LogP contribution in [0.25, 0.3) is 15.9 Å². The normalized spacial score (nSPS) is 11.0. The van der Waals surface area contributed by atoms with E-state index in [2.05, 4.69) is 5.32 Å². The molecule has 30 heavy (non-hydrogen) atoms. The molecule has 2 aromatic carbocycles. The van der Waals surface area contributed by atoms with Gasteiger partial charge in [0.15, 0.2) is 0 Å². The highest BCUT2D eigenvalue weighted by Crippen LogP contribution is 2.18. The molecule has 9 heteroatoms. The van der Waals surface area contributed by atoms with Crippen LogP contribution in [0.1, 0.15) is 5.56 Å². The van der Waals surface area contributed by atoms with Crippen LogP contribution in [-0.4, -0.2) is 15.0 Å². The first kappa shape index (κ1) is 19.7. The zero-order valence-electron chi connectivity index (χ0n) is 15.5. The Morgan fingerprint density at radius 2 is 1.80 bits per heavy atom. The highest BCUT2D eigenvalue weighted by molar-refractivity contribution is 7.17. The molecule has 0 bridgehead atoms. The number of halogens is 2. The second kappa shape index (κ2) is 8.03. The Kier molecular flexibility index (Phi) is 5.28. The largest absolute Gasteiger partial charge is 0.350 e. The molecule has 4 aromatic rings. The number of carbonyl (C=O) groups excluding carboxylic acids is 1. The van der Waals surface area contributed by atoms with E-state index in [4.69, 9.17) is 0 Å². The lowest BCUT2D eigenvalue weighted by molar-refractivity contribution is -0.121. The summed E-state index contributed by atoms with van der Waals surface area (Å²) < 4.78 is 29.8. The molecule has 0 aliphatic heterocycles. The van der Waals surface area contributed by atoms with E-state index in [0.29, 0.717) is 4.57 Å². The van der Waals surface area contributed by atoms with Gasteiger partial charge in [0.25, 0.3) is 5.56 Å². The van der Waals surface area contributed by atoms with E-state index < -0.39 is 34.5 Å². The average molecular weight is 427 g/mol. The highest BCUT2D eigenvalue weighted by Gasteiger charge is 2.19. The van der Waals surface area contributed by atoms with Crippen LogP contribution in [0.5, 0.6) is 0 Å². The van der Waals surface area contributed by atoms with Gasteiger partial charge in [-0.05, 0) is 29.1 Å². The number of fused-ring (bicyclic) bond motifs is 1. The molecule has 4 rings (SSSR count). The minimum absolute atomic E-state index is 0.161. The molecule has 0 saturated carbocycles. The van der Waals surface area contributed by atoms with Crippen LogP contribution in [0.15, 0.2) is 69.6 Å². The molecule has 0 aliphatic carbocycles. The number of carbonyl (C=O) groups is 1. The monoisotopic (exact) mass is 427 g/mol. The van der Waals surface area contributed by atoms with Gasteiger partial charge in [-0.3, -0.25) is 14.2 Å². The molecular formula is C21H15F2N3O3S. The lowest BCUT2D eigenvalue weighted by Gasteiger charge is -2.13. The molecule has 0 spiro atoms. The van der Waals surface area contributed by atoms with Gasteiger partial charge in [0.1, 0.15) is 22.9 Å². The molecule has 0 fully saturated rings. The van der Waals surface area contributed by atoms with Crippen LogP contribution in [0.2, 0.25) is 0 Å². The first-order chi connectivity index (χ1) is 14.5. The van der Waals surface area contributed by atoms with Crippen molar-refractivity contribution in [2.75, 3.05) is 0 Å². The fraction of sp³-hybridized carbons (Fsp3) is 0.0952. The molecule has 0 unspecified atom stereocenters. The van der Waals surface area contributed by atoms with Crippen LogP contribution in [0, 0.1) is 11.6 Å². The van der Waals surface area contributed by atoms with Gasteiger partial charge >= 0.3 is 5.69 Å². The van der Waals surface area contributed by atoms with Gasteiger partial charge < -0.3 is 5.32 Å². The van der Waals surface area contributed by atoms with Gasteiger partial charge in [0.05, 0.1) is 11.2 Å². The zero-order valence-corrected chi connectivity index (χ0v) is 16.3. The number of nitrogens with zero attached hydrogens (tertiary/aromatic N) is 2. The number of nitrogens with one attached hydrogen (secondary N) is 1. The molecule has 0 aliphatic rings. The minimum atomic E-state index is -0.926. The molecule has 6 nitrogen and oxygen atoms in total. The smallest absolute Gasteiger partial charge is 0.336 e. The third-order valence-corrected chi connectivity index (χ3v) is 5.43. The maximum Gasteiger partial charge on any atom is 0.336 e. The third-order valence-electron chi connectivity index (χ3n) is 4.54. The summed E-state index contributed by atoms with van der Waals surface area (Å²) >= 11 is 1.05. The quantitative estimate of drug-likeness (QED) is 0.532. The Morgan fingerprint density at radius 1 is 1.03 bits per heavy atom. The zero-order chi connectivity index (χ0) is 21.3. The molecule has 1 N–H and O–H groups in total. The summed E-state index contributed by atoms with van der Waals surface area (Å²) in [5.41, 5.74) is -1.05. The maximum atomic E-state index is 14.3. The Balaban J connectivity index is 1.76. The summed E-state index contributed by atoms with van der Waals surface area (Å²) in [4.78, 5) is 38.3. The predicted molar refractivity (Wildman–Crippen MR) is 110 cm³/mol. The summed E-state index contributed by atoms with van der Waals surface area (Å²) in [6.45, 7) is -0.116. The summed E-state index contributed by atoms with van der Waals surface area (Å²) in [5.74, 6) is -2.18. The number of hydrogen-bond acceptors (Lipinski definition) is 4. The van der Waals surface area contributed by atoms with E-state index >= 15 is 0 Å². The van der Waals surface area contributed by atoms with Crippen molar-refractivity contribution in [3.63, 3.8) is 0 Å². The van der Waals surface area contributed by atoms with Crippen molar-refractivity contribution in [2.45, 2.75) is 13.1 Å². The van der Waals surface area contributed by atoms with Gasteiger partial charge in [-0.1, -0.05) is 30.3 Å². The van der Waals surface area contributed by atoms with E-state index in [1.165, 1.54) is 0 Å². The van der Waals surface area contributed by atoms with Crippen molar-refractivity contribution >= 4 is 27.5 Å². The van der Waals surface area contributed by atoms with Crippen LogP contribution in [-0.2, 0) is 17.9 Å². The van der Waals surface area contributed by atoms with Gasteiger partial charge in [0, 0.05) is 12.6 Å². The lowest BCUT2D eigenvalue weighted by atomic mass is 10.2. The van der Waals surface area contributed by atoms with Crippen LogP contribution < -0.4 is 16.6 Å². The number of hydrogen-bond donors (Lipinski definition) is 1. The van der Waals surface area contributed by atoms with E-state index in [1.54, 1.807) is 11.4 Å². The second-order valence-electron chi connectivity index (χ2n) is 6.50. The van der Waals surface area contributed by atoms with E-state index in [1.807, 2.05) is 30.3 Å². The van der Waals surface area contributed by atoms with E-state index in [-0.39, 0.29) is 23.3 Å². The third kappa shape index (κ3) is 3.67. The molecular weight excluding hydrogens is 412 g/mol. The summed E-state index contributed by atoms with van der Waals surface area (Å²) in [6.07, 6.45) is 0. The summed E-state index contributed by atoms with van der Waals surface area (Å²) in [6, 6.07) is 13.3. The number of thiophene rings is 1. The molecule has 1 amide bonds. The van der Waals surface area contributed by atoms with Crippen LogP contribution >= 0.6 is 11.3 Å². The van der Waals surface area contributed by atoms with Crippen molar-refractivity contribution in [3.05, 3.63) is 98.0 Å². The minimum Gasteiger partial charge on any atom is -0.350 e. The Labute approximate surface area is 172 Å². The van der Waals surface area contributed by atoms with E-state index in [0.717, 1.165) is 39.7 Å². The molecule has 2 heterocycles. The fourth-order valence-corrected chi connectivity index (χ4v) is 3.93. The van der Waals surface area contributed by atoms with Crippen molar-refractivity contribution in [3.8, 4) is 5.69 Å². The topological polar surface area (TPSA) is 73.1 Å². The standard InChI is InChI=1S/C21H15F2N3O3S/c22-14-6-7-15(23)17(10-14)26-20(28)19-16(8-9-30-19)25(21(26)29)12-18(27)24-11-13-4-2-1-3-5-13/h1-10H,11-12H2,(H,24,27). The van der Waals surface area contributed by atoms with Crippen LogP contribution in [0.3, 0.4) is 0 Å². The Bertz CT molecular complexity index is 1360. The summed E-state index contributed by atoms with van der Waals surface area (Å²) in [5, 5.41) is 4.30. The second-order valence-corrected chi connectivity index (χ2v) is 7.42. The van der Waals surface area contributed by atoms with Gasteiger partial charge in [0.2, 0.25) is 5.91 Å². The van der Waals surface area contributed by atoms with Gasteiger partial charge in [-0.25, -0.2) is 18.1 Å². The first-order valence-electron chi connectivity index (χ1n) is 8.95. The Morgan fingerprint density at radius 3 is 2.57 bits per heavy atom. The average Bonchev–Trinajstić information content (AvgIpc) is 3.23. The van der Waals surface area contributed by atoms with E-state index in [9.17, 15) is 23.2 Å².